The smallest absolute Gasteiger partial charge is 0.255 e. The number of aliphatic carboxylic acids is 1. The first-order chi connectivity index (χ1) is 12.4. The van der Waals surface area contributed by atoms with E-state index in [-0.39, 0.29) is 12.5 Å². The fourth-order valence-electron chi connectivity index (χ4n) is 3.22. The molecular formula is C18H25ClN3O4-. The number of piperidine rings is 1. The van der Waals surface area contributed by atoms with E-state index in [0.717, 1.165) is 38.8 Å². The van der Waals surface area contributed by atoms with Gasteiger partial charge in [-0.1, -0.05) is 11.6 Å². The average Bonchev–Trinajstić information content (AvgIpc) is 2.61. The molecule has 3 N–H and O–H groups in total. The van der Waals surface area contributed by atoms with Crippen molar-refractivity contribution in [2.75, 3.05) is 39.0 Å². The molecule has 2 rings (SSSR count). The summed E-state index contributed by atoms with van der Waals surface area (Å²) in [4.78, 5) is 24.8. The number of rotatable bonds is 8. The fraction of sp³-hybridized carbons (Fsp3) is 0.556. The maximum Gasteiger partial charge on any atom is 0.255 e. The number of likely N-dealkylation sites (tertiary alicyclic amines) is 1. The normalized spacial score (nSPS) is 15.6. The molecule has 1 aliphatic rings. The second-order valence-corrected chi connectivity index (χ2v) is 6.97. The lowest BCUT2D eigenvalue weighted by Gasteiger charge is -2.32. The number of nitrogens with two attached hydrogens (primary N) is 1. The molecule has 1 aliphatic heterocycles. The van der Waals surface area contributed by atoms with E-state index in [9.17, 15) is 14.7 Å². The van der Waals surface area contributed by atoms with Gasteiger partial charge < -0.3 is 25.7 Å². The number of carboxylic acid groups (broad SMARTS) is 1. The lowest BCUT2D eigenvalue weighted by molar-refractivity contribution is -0.306. The van der Waals surface area contributed by atoms with Crippen LogP contribution in [0.25, 0.3) is 0 Å². The summed E-state index contributed by atoms with van der Waals surface area (Å²) in [5, 5.41) is 13.8. The van der Waals surface area contributed by atoms with E-state index in [2.05, 4.69) is 5.32 Å². The van der Waals surface area contributed by atoms with Crippen LogP contribution in [0.1, 0.15) is 36.0 Å². The minimum Gasteiger partial charge on any atom is -0.549 e. The Morgan fingerprint density at radius 1 is 1.38 bits per heavy atom. The molecule has 0 aliphatic carbocycles. The quantitative estimate of drug-likeness (QED) is 0.511. The minimum atomic E-state index is -1.02. The van der Waals surface area contributed by atoms with Crippen molar-refractivity contribution in [2.24, 2.45) is 5.92 Å². The van der Waals surface area contributed by atoms with Crippen LogP contribution in [0.5, 0.6) is 5.75 Å². The van der Waals surface area contributed by atoms with Crippen molar-refractivity contribution in [3.63, 3.8) is 0 Å². The molecule has 0 spiro atoms. The summed E-state index contributed by atoms with van der Waals surface area (Å²) in [5.74, 6) is -0.313. The lowest BCUT2D eigenvalue weighted by Crippen LogP contribution is -2.42. The predicted octanol–water partition coefficient (Wildman–Crippen LogP) is 0.903. The highest BCUT2D eigenvalue weighted by molar-refractivity contribution is 6.33. The van der Waals surface area contributed by atoms with Crippen LogP contribution in [-0.2, 0) is 4.79 Å². The van der Waals surface area contributed by atoms with E-state index < -0.39 is 5.97 Å². The number of carbonyl (C=O) groups excluding carboxylic acids is 2. The summed E-state index contributed by atoms with van der Waals surface area (Å²) < 4.78 is 5.19. The van der Waals surface area contributed by atoms with Crippen LogP contribution in [-0.4, -0.2) is 50.1 Å². The number of nitrogens with one attached hydrogen (secondary N) is 1. The Balaban J connectivity index is 1.73. The SMILES string of the molecule is COc1cc(N)c(Cl)cc1C(=O)NCCCC1CCN(CC(=O)[O-])CC1. The summed E-state index contributed by atoms with van der Waals surface area (Å²) in [6, 6.07) is 3.05. The maximum atomic E-state index is 12.3. The van der Waals surface area contributed by atoms with Gasteiger partial charge in [0.05, 0.1) is 29.4 Å². The van der Waals surface area contributed by atoms with Crippen molar-refractivity contribution in [2.45, 2.75) is 25.7 Å². The number of amides is 1. The van der Waals surface area contributed by atoms with Crippen molar-refractivity contribution in [1.82, 2.24) is 10.2 Å². The summed E-state index contributed by atoms with van der Waals surface area (Å²) in [6.07, 6.45) is 3.81. The minimum absolute atomic E-state index is 0.00869. The Labute approximate surface area is 158 Å². The highest BCUT2D eigenvalue weighted by atomic mass is 35.5. The third-order valence-electron chi connectivity index (χ3n) is 4.70. The lowest BCUT2D eigenvalue weighted by atomic mass is 9.92. The zero-order valence-electron chi connectivity index (χ0n) is 14.9. The van der Waals surface area contributed by atoms with Crippen LogP contribution in [0.3, 0.4) is 0 Å². The van der Waals surface area contributed by atoms with Gasteiger partial charge in [0.2, 0.25) is 0 Å². The Morgan fingerprint density at radius 3 is 2.69 bits per heavy atom. The second kappa shape index (κ2) is 9.64. The molecule has 26 heavy (non-hydrogen) atoms. The summed E-state index contributed by atoms with van der Waals surface area (Å²) in [5.41, 5.74) is 6.45. The van der Waals surface area contributed by atoms with Gasteiger partial charge in [0.15, 0.2) is 0 Å². The molecule has 1 fully saturated rings. The number of hydrogen-bond donors (Lipinski definition) is 2. The number of nitrogen functional groups attached to an aromatic ring is 1. The van der Waals surface area contributed by atoms with Crippen LogP contribution in [0.15, 0.2) is 12.1 Å². The third kappa shape index (κ3) is 5.78. The Morgan fingerprint density at radius 2 is 2.08 bits per heavy atom. The zero-order valence-corrected chi connectivity index (χ0v) is 15.7. The first-order valence-electron chi connectivity index (χ1n) is 8.74. The molecule has 1 amide bonds. The highest BCUT2D eigenvalue weighted by Crippen LogP contribution is 2.28. The number of ether oxygens (including phenoxy) is 1. The van der Waals surface area contributed by atoms with Gasteiger partial charge in [-0.25, -0.2) is 0 Å². The largest absolute Gasteiger partial charge is 0.549 e. The molecule has 1 aromatic rings. The molecular weight excluding hydrogens is 358 g/mol. The second-order valence-electron chi connectivity index (χ2n) is 6.56. The molecule has 7 nitrogen and oxygen atoms in total. The zero-order chi connectivity index (χ0) is 19.1. The van der Waals surface area contributed by atoms with Crippen molar-refractivity contribution in [1.29, 1.82) is 0 Å². The van der Waals surface area contributed by atoms with Gasteiger partial charge in [0, 0.05) is 19.2 Å². The van der Waals surface area contributed by atoms with Crippen LogP contribution >= 0.6 is 11.6 Å². The van der Waals surface area contributed by atoms with Gasteiger partial charge >= 0.3 is 0 Å². The Hall–Kier alpha value is -1.99. The van der Waals surface area contributed by atoms with Crippen LogP contribution in [0.2, 0.25) is 5.02 Å². The Kier molecular flexibility index (Phi) is 7.53. The number of carboxylic acids is 1. The van der Waals surface area contributed by atoms with E-state index in [1.54, 1.807) is 0 Å². The van der Waals surface area contributed by atoms with Gasteiger partial charge in [-0.3, -0.25) is 9.69 Å². The van der Waals surface area contributed by atoms with Crippen LogP contribution < -0.4 is 20.9 Å². The molecule has 8 heteroatoms. The molecule has 0 bridgehead atoms. The number of anilines is 1. The van der Waals surface area contributed by atoms with Crippen molar-refractivity contribution < 1.29 is 19.4 Å². The maximum absolute atomic E-state index is 12.3. The molecule has 0 aromatic heterocycles. The van der Waals surface area contributed by atoms with Gasteiger partial charge in [-0.15, -0.1) is 0 Å². The molecule has 1 heterocycles. The number of hydrogen-bond acceptors (Lipinski definition) is 6. The van der Waals surface area contributed by atoms with Gasteiger partial charge in [0.1, 0.15) is 5.75 Å². The fourth-order valence-corrected chi connectivity index (χ4v) is 3.38. The molecule has 0 saturated carbocycles. The molecule has 1 aromatic carbocycles. The third-order valence-corrected chi connectivity index (χ3v) is 5.03. The summed E-state index contributed by atoms with van der Waals surface area (Å²) >= 11 is 5.99. The van der Waals surface area contributed by atoms with Crippen molar-refractivity contribution >= 4 is 29.2 Å². The number of carbonyl (C=O) groups is 2. The molecule has 144 valence electrons. The van der Waals surface area contributed by atoms with Crippen LogP contribution in [0, 0.1) is 5.92 Å². The Bertz CT molecular complexity index is 646. The number of halogens is 1. The highest BCUT2D eigenvalue weighted by Gasteiger charge is 2.19. The van der Waals surface area contributed by atoms with Gasteiger partial charge in [-0.2, -0.15) is 0 Å². The first kappa shape index (κ1) is 20.3. The number of benzene rings is 1. The topological polar surface area (TPSA) is 108 Å². The van der Waals surface area contributed by atoms with Gasteiger partial charge in [0.25, 0.3) is 5.91 Å². The van der Waals surface area contributed by atoms with E-state index in [0.29, 0.717) is 34.5 Å². The van der Waals surface area contributed by atoms with E-state index in [1.165, 1.54) is 19.2 Å². The predicted molar refractivity (Wildman–Crippen MR) is 98.2 cm³/mol. The van der Waals surface area contributed by atoms with Crippen molar-refractivity contribution in [3.8, 4) is 5.75 Å². The standard InChI is InChI=1S/C18H26ClN3O4/c1-26-16-10-15(20)14(19)9-13(16)18(25)21-6-2-3-12-4-7-22(8-5-12)11-17(23)24/h9-10,12H,2-8,11,20H2,1H3,(H,21,25)(H,23,24)/p-1. The summed E-state index contributed by atoms with van der Waals surface area (Å²) in [6.45, 7) is 2.14. The first-order valence-corrected chi connectivity index (χ1v) is 9.12. The van der Waals surface area contributed by atoms with Crippen LogP contribution in [0.4, 0.5) is 5.69 Å². The molecule has 0 unspecified atom stereocenters. The number of nitrogens with zero attached hydrogens (tertiary/aromatic N) is 1. The molecule has 0 radical (unpaired) electrons. The average molecular weight is 383 g/mol. The molecule has 0 atom stereocenters. The molecule has 1 saturated heterocycles. The number of methoxy groups -OCH3 is 1. The van der Waals surface area contributed by atoms with Crippen molar-refractivity contribution in [3.05, 3.63) is 22.7 Å². The van der Waals surface area contributed by atoms with E-state index in [4.69, 9.17) is 22.1 Å². The van der Waals surface area contributed by atoms with E-state index in [1.807, 2.05) is 4.90 Å². The summed E-state index contributed by atoms with van der Waals surface area (Å²) in [7, 11) is 1.48. The monoisotopic (exact) mass is 382 g/mol. The van der Waals surface area contributed by atoms with E-state index >= 15 is 0 Å². The van der Waals surface area contributed by atoms with Gasteiger partial charge in [-0.05, 0) is 50.8 Å².